The number of fused-ring (bicyclic) bond motifs is 2. The fraction of sp³-hybridized carbons (Fsp3) is 0.545. The summed E-state index contributed by atoms with van der Waals surface area (Å²) >= 11 is 0. The maximum Gasteiger partial charge on any atom is 0.261 e. The fourth-order valence-electron chi connectivity index (χ4n) is 3.95. The second-order valence-electron chi connectivity index (χ2n) is 7.74. The van der Waals surface area contributed by atoms with Gasteiger partial charge in [-0.2, -0.15) is 0 Å². The summed E-state index contributed by atoms with van der Waals surface area (Å²) in [5, 5.41) is 18.4. The van der Waals surface area contributed by atoms with E-state index in [-0.39, 0.29) is 47.8 Å². The van der Waals surface area contributed by atoms with Crippen LogP contribution in [0.4, 0.5) is 0 Å². The topological polar surface area (TPSA) is 119 Å². The molecular weight excluding hydrogens is 388 g/mol. The molecular formula is C22H28N2O6. The van der Waals surface area contributed by atoms with Crippen LogP contribution in [0.15, 0.2) is 31.3 Å². The van der Waals surface area contributed by atoms with Crippen LogP contribution < -0.4 is 22.2 Å². The molecule has 0 aliphatic carbocycles. The number of aliphatic hydroxyl groups is 2. The summed E-state index contributed by atoms with van der Waals surface area (Å²) in [6.07, 6.45) is 5.93. The van der Waals surface area contributed by atoms with E-state index in [0.29, 0.717) is 25.7 Å². The first-order valence-corrected chi connectivity index (χ1v) is 10.6. The minimum atomic E-state index is -0.428. The molecule has 0 saturated carbocycles. The summed E-state index contributed by atoms with van der Waals surface area (Å²) < 4.78 is 2.35. The Balaban J connectivity index is 1.90. The first kappa shape index (κ1) is 22.1. The third-order valence-electron chi connectivity index (χ3n) is 5.64. The van der Waals surface area contributed by atoms with Crippen molar-refractivity contribution < 1.29 is 10.2 Å². The number of aromatic nitrogens is 2. The van der Waals surface area contributed by atoms with Gasteiger partial charge in [-0.1, -0.05) is 25.7 Å². The molecule has 0 aliphatic heterocycles. The molecule has 0 saturated heterocycles. The number of nitrogens with zero attached hydrogens (tertiary/aromatic N) is 2. The average Bonchev–Trinajstić information content (AvgIpc) is 3.12. The van der Waals surface area contributed by atoms with Crippen molar-refractivity contribution in [1.29, 1.82) is 0 Å². The minimum Gasteiger partial charge on any atom is -0.396 e. The van der Waals surface area contributed by atoms with E-state index < -0.39 is 22.2 Å². The second kappa shape index (κ2) is 9.95. The Hall–Kier alpha value is -2.58. The monoisotopic (exact) mass is 416 g/mol. The molecule has 1 aromatic carbocycles. The van der Waals surface area contributed by atoms with Gasteiger partial charge in [-0.25, -0.2) is 0 Å². The molecule has 0 amide bonds. The molecule has 0 bridgehead atoms. The van der Waals surface area contributed by atoms with Crippen LogP contribution in [0.2, 0.25) is 0 Å². The zero-order chi connectivity index (χ0) is 21.7. The standard InChI is InChI=1S/C22H28N2O6/c25-11-7-3-1-5-9-23-19(27)15-13-17-18(14-16(15)20(23)28)22(30)24(21(17)29)10-6-2-4-8-12-26/h13-14,25-26H,1-12H2. The van der Waals surface area contributed by atoms with Gasteiger partial charge in [-0.3, -0.25) is 28.3 Å². The molecule has 2 aromatic heterocycles. The van der Waals surface area contributed by atoms with Gasteiger partial charge in [0.25, 0.3) is 22.2 Å². The molecule has 2 heterocycles. The Morgan fingerprint density at radius 3 is 1.10 bits per heavy atom. The predicted octanol–water partition coefficient (Wildman–Crippen LogP) is 1.02. The van der Waals surface area contributed by atoms with Crippen LogP contribution in [0.25, 0.3) is 21.5 Å². The average molecular weight is 416 g/mol. The summed E-state index contributed by atoms with van der Waals surface area (Å²) in [5.74, 6) is 0. The first-order valence-electron chi connectivity index (χ1n) is 10.6. The van der Waals surface area contributed by atoms with Crippen molar-refractivity contribution in [2.45, 2.75) is 64.5 Å². The van der Waals surface area contributed by atoms with Gasteiger partial charge >= 0.3 is 0 Å². The highest BCUT2D eigenvalue weighted by atomic mass is 16.3. The van der Waals surface area contributed by atoms with Crippen molar-refractivity contribution in [2.75, 3.05) is 13.2 Å². The highest BCUT2D eigenvalue weighted by Gasteiger charge is 2.19. The lowest BCUT2D eigenvalue weighted by Gasteiger charge is -2.00. The quantitative estimate of drug-likeness (QED) is 0.426. The first-order chi connectivity index (χ1) is 14.5. The molecule has 8 nitrogen and oxygen atoms in total. The molecule has 0 spiro atoms. The molecule has 3 rings (SSSR count). The van der Waals surface area contributed by atoms with Crippen molar-refractivity contribution in [3.63, 3.8) is 0 Å². The van der Waals surface area contributed by atoms with Gasteiger partial charge in [0.1, 0.15) is 0 Å². The number of rotatable bonds is 12. The summed E-state index contributed by atoms with van der Waals surface area (Å²) in [6.45, 7) is 0.815. The van der Waals surface area contributed by atoms with Crippen LogP contribution in [0.1, 0.15) is 51.4 Å². The molecule has 8 heteroatoms. The minimum absolute atomic E-state index is 0.125. The molecule has 0 atom stereocenters. The van der Waals surface area contributed by atoms with Crippen LogP contribution >= 0.6 is 0 Å². The highest BCUT2D eigenvalue weighted by Crippen LogP contribution is 2.15. The molecule has 0 aliphatic rings. The maximum atomic E-state index is 12.7. The van der Waals surface area contributed by atoms with E-state index >= 15 is 0 Å². The summed E-state index contributed by atoms with van der Waals surface area (Å²) in [6, 6.07) is 2.78. The van der Waals surface area contributed by atoms with Gasteiger partial charge in [0.05, 0.1) is 21.5 Å². The Morgan fingerprint density at radius 2 is 0.800 bits per heavy atom. The summed E-state index contributed by atoms with van der Waals surface area (Å²) in [7, 11) is 0. The third kappa shape index (κ3) is 4.29. The number of aliphatic hydroxyl groups excluding tert-OH is 2. The number of unbranched alkanes of at least 4 members (excludes halogenated alkanes) is 6. The van der Waals surface area contributed by atoms with Crippen LogP contribution in [0.3, 0.4) is 0 Å². The Labute approximate surface area is 172 Å². The van der Waals surface area contributed by atoms with Gasteiger partial charge in [-0.15, -0.1) is 0 Å². The van der Waals surface area contributed by atoms with Gasteiger partial charge in [0.2, 0.25) is 0 Å². The smallest absolute Gasteiger partial charge is 0.261 e. The molecule has 162 valence electrons. The molecule has 3 aromatic rings. The molecule has 30 heavy (non-hydrogen) atoms. The van der Waals surface area contributed by atoms with Crippen molar-refractivity contribution in [3.05, 3.63) is 53.5 Å². The van der Waals surface area contributed by atoms with Crippen molar-refractivity contribution in [2.24, 2.45) is 0 Å². The normalized spacial score (nSPS) is 11.8. The fourth-order valence-corrected chi connectivity index (χ4v) is 3.95. The van der Waals surface area contributed by atoms with Crippen LogP contribution in [-0.4, -0.2) is 32.6 Å². The van der Waals surface area contributed by atoms with E-state index in [4.69, 9.17) is 10.2 Å². The molecule has 0 fully saturated rings. The zero-order valence-electron chi connectivity index (χ0n) is 17.1. The van der Waals surface area contributed by atoms with Crippen LogP contribution in [-0.2, 0) is 13.1 Å². The predicted molar refractivity (Wildman–Crippen MR) is 116 cm³/mol. The van der Waals surface area contributed by atoms with Crippen LogP contribution in [0, 0.1) is 0 Å². The number of hydrogen-bond donors (Lipinski definition) is 2. The lowest BCUT2D eigenvalue weighted by atomic mass is 10.1. The van der Waals surface area contributed by atoms with Crippen molar-refractivity contribution in [1.82, 2.24) is 9.13 Å². The SMILES string of the molecule is O=c1c2cc3c(=O)n(CCCCCCO)c(=O)c3cc2c(=O)n1CCCCCCO. The van der Waals surface area contributed by atoms with E-state index in [1.54, 1.807) is 0 Å². The summed E-state index contributed by atoms with van der Waals surface area (Å²) in [4.78, 5) is 50.8. The highest BCUT2D eigenvalue weighted by molar-refractivity contribution is 5.97. The Morgan fingerprint density at radius 1 is 0.500 bits per heavy atom. The Bertz CT molecular complexity index is 1040. The number of benzene rings is 1. The Kier molecular flexibility index (Phi) is 7.33. The van der Waals surface area contributed by atoms with E-state index in [1.807, 2.05) is 0 Å². The van der Waals surface area contributed by atoms with Crippen molar-refractivity contribution in [3.8, 4) is 0 Å². The van der Waals surface area contributed by atoms with E-state index in [1.165, 1.54) is 21.3 Å². The van der Waals surface area contributed by atoms with E-state index in [9.17, 15) is 19.2 Å². The lowest BCUT2D eigenvalue weighted by Crippen LogP contribution is -2.26. The lowest BCUT2D eigenvalue weighted by molar-refractivity contribution is 0.281. The van der Waals surface area contributed by atoms with Gasteiger partial charge < -0.3 is 10.2 Å². The molecule has 2 N–H and O–H groups in total. The molecule has 0 unspecified atom stereocenters. The molecule has 0 radical (unpaired) electrons. The van der Waals surface area contributed by atoms with Crippen molar-refractivity contribution >= 4 is 21.5 Å². The maximum absolute atomic E-state index is 12.7. The van der Waals surface area contributed by atoms with Gasteiger partial charge in [0.15, 0.2) is 0 Å². The zero-order valence-corrected chi connectivity index (χ0v) is 17.1. The van der Waals surface area contributed by atoms with Gasteiger partial charge in [-0.05, 0) is 37.8 Å². The van der Waals surface area contributed by atoms with E-state index in [0.717, 1.165) is 25.7 Å². The second-order valence-corrected chi connectivity index (χ2v) is 7.74. The summed E-state index contributed by atoms with van der Waals surface area (Å²) in [5.41, 5.74) is -1.71. The third-order valence-corrected chi connectivity index (χ3v) is 5.64. The van der Waals surface area contributed by atoms with Gasteiger partial charge in [0, 0.05) is 26.3 Å². The van der Waals surface area contributed by atoms with E-state index in [2.05, 4.69) is 0 Å². The number of hydrogen-bond acceptors (Lipinski definition) is 6. The van der Waals surface area contributed by atoms with Crippen LogP contribution in [0.5, 0.6) is 0 Å². The largest absolute Gasteiger partial charge is 0.396 e.